The Morgan fingerprint density at radius 3 is 2.82 bits per heavy atom. The molecule has 0 spiro atoms. The van der Waals surface area contributed by atoms with E-state index in [1.54, 1.807) is 29.4 Å². The zero-order chi connectivity index (χ0) is 15.4. The van der Waals surface area contributed by atoms with Crippen LogP contribution in [-0.2, 0) is 4.79 Å². The van der Waals surface area contributed by atoms with Crippen molar-refractivity contribution in [2.24, 2.45) is 0 Å². The normalized spacial score (nSPS) is 16.0. The summed E-state index contributed by atoms with van der Waals surface area (Å²) in [6, 6.07) is 2.14. The van der Waals surface area contributed by atoms with Gasteiger partial charge < -0.3 is 4.90 Å². The van der Waals surface area contributed by atoms with Crippen LogP contribution in [0, 0.1) is 6.92 Å². The van der Waals surface area contributed by atoms with Crippen molar-refractivity contribution >= 4 is 39.2 Å². The molecule has 2 aromatic rings. The highest BCUT2D eigenvalue weighted by atomic mass is 32.2. The Morgan fingerprint density at radius 1 is 1.27 bits per heavy atom. The van der Waals surface area contributed by atoms with Gasteiger partial charge >= 0.3 is 0 Å². The summed E-state index contributed by atoms with van der Waals surface area (Å²) in [5.41, 5.74) is 0. The molecule has 1 aliphatic heterocycles. The van der Waals surface area contributed by atoms with Gasteiger partial charge in [0.2, 0.25) is 5.91 Å². The molecule has 6 heteroatoms. The van der Waals surface area contributed by atoms with Crippen molar-refractivity contribution in [3.8, 4) is 0 Å². The van der Waals surface area contributed by atoms with Crippen molar-refractivity contribution in [1.29, 1.82) is 0 Å². The van der Waals surface area contributed by atoms with Crippen molar-refractivity contribution in [3.05, 3.63) is 17.3 Å². The van der Waals surface area contributed by atoms with Gasteiger partial charge in [-0.2, -0.15) is 0 Å². The molecule has 3 heterocycles. The van der Waals surface area contributed by atoms with Crippen LogP contribution in [0.5, 0.6) is 0 Å². The topological polar surface area (TPSA) is 46.1 Å². The molecular weight excluding hydrogens is 314 g/mol. The quantitative estimate of drug-likeness (QED) is 0.628. The van der Waals surface area contributed by atoms with E-state index in [-0.39, 0.29) is 0 Å². The lowest BCUT2D eigenvalue weighted by molar-refractivity contribution is -0.130. The van der Waals surface area contributed by atoms with Crippen molar-refractivity contribution in [2.45, 2.75) is 44.1 Å². The molecule has 0 N–H and O–H groups in total. The minimum Gasteiger partial charge on any atom is -0.343 e. The van der Waals surface area contributed by atoms with Gasteiger partial charge in [0.25, 0.3) is 0 Å². The molecule has 3 rings (SSSR count). The van der Waals surface area contributed by atoms with Gasteiger partial charge in [0.15, 0.2) is 0 Å². The second kappa shape index (κ2) is 7.42. The SMILES string of the molecule is Cc1cc2c(SCCC(=O)N3CCCCCC3)ncnc2s1. The van der Waals surface area contributed by atoms with Crippen LogP contribution in [0.2, 0.25) is 0 Å². The highest BCUT2D eigenvalue weighted by Crippen LogP contribution is 2.30. The number of nitrogens with zero attached hydrogens (tertiary/aromatic N) is 3. The number of fused-ring (bicyclic) bond motifs is 1. The smallest absolute Gasteiger partial charge is 0.223 e. The molecule has 0 unspecified atom stereocenters. The van der Waals surface area contributed by atoms with E-state index in [1.807, 2.05) is 4.90 Å². The molecule has 0 bridgehead atoms. The zero-order valence-electron chi connectivity index (χ0n) is 12.9. The monoisotopic (exact) mass is 335 g/mol. The van der Waals surface area contributed by atoms with E-state index >= 15 is 0 Å². The van der Waals surface area contributed by atoms with E-state index in [0.717, 1.165) is 46.9 Å². The Labute approximate surface area is 139 Å². The van der Waals surface area contributed by atoms with Crippen LogP contribution in [0.15, 0.2) is 17.4 Å². The van der Waals surface area contributed by atoms with Crippen LogP contribution in [0.25, 0.3) is 10.2 Å². The van der Waals surface area contributed by atoms with E-state index in [1.165, 1.54) is 17.7 Å². The van der Waals surface area contributed by atoms with Gasteiger partial charge in [0.1, 0.15) is 16.2 Å². The lowest BCUT2D eigenvalue weighted by Gasteiger charge is -2.20. The maximum atomic E-state index is 12.3. The van der Waals surface area contributed by atoms with E-state index in [2.05, 4.69) is 23.0 Å². The third kappa shape index (κ3) is 3.79. The largest absolute Gasteiger partial charge is 0.343 e. The van der Waals surface area contributed by atoms with Crippen molar-refractivity contribution in [2.75, 3.05) is 18.8 Å². The second-order valence-electron chi connectivity index (χ2n) is 5.65. The Balaban J connectivity index is 1.56. The van der Waals surface area contributed by atoms with E-state index in [0.29, 0.717) is 12.3 Å². The molecule has 1 amide bonds. The summed E-state index contributed by atoms with van der Waals surface area (Å²) in [4.78, 5) is 25.3. The zero-order valence-corrected chi connectivity index (χ0v) is 14.5. The van der Waals surface area contributed by atoms with Gasteiger partial charge in [-0.25, -0.2) is 9.97 Å². The molecule has 0 radical (unpaired) electrons. The predicted octanol–water partition coefficient (Wildman–Crippen LogP) is 3.88. The molecule has 0 aromatic carbocycles. The summed E-state index contributed by atoms with van der Waals surface area (Å²) in [6.45, 7) is 3.96. The first-order valence-electron chi connectivity index (χ1n) is 7.86. The first-order chi connectivity index (χ1) is 10.7. The third-order valence-electron chi connectivity index (χ3n) is 3.93. The lowest BCUT2D eigenvalue weighted by atomic mass is 10.2. The fraction of sp³-hybridized carbons (Fsp3) is 0.562. The van der Waals surface area contributed by atoms with E-state index in [4.69, 9.17) is 0 Å². The number of carbonyl (C=O) groups excluding carboxylic acids is 1. The molecule has 2 aromatic heterocycles. The fourth-order valence-corrected chi connectivity index (χ4v) is 4.60. The van der Waals surface area contributed by atoms with Crippen LogP contribution < -0.4 is 0 Å². The Bertz CT molecular complexity index is 648. The number of likely N-dealkylation sites (tertiary alicyclic amines) is 1. The molecule has 1 aliphatic rings. The minimum absolute atomic E-state index is 0.293. The van der Waals surface area contributed by atoms with Gasteiger partial charge in [0, 0.05) is 35.5 Å². The summed E-state index contributed by atoms with van der Waals surface area (Å²) >= 11 is 3.36. The summed E-state index contributed by atoms with van der Waals surface area (Å²) in [5.74, 6) is 1.08. The Morgan fingerprint density at radius 2 is 2.05 bits per heavy atom. The van der Waals surface area contributed by atoms with Crippen LogP contribution >= 0.6 is 23.1 Å². The van der Waals surface area contributed by atoms with Crippen LogP contribution in [0.3, 0.4) is 0 Å². The maximum absolute atomic E-state index is 12.3. The summed E-state index contributed by atoms with van der Waals surface area (Å²) in [6.07, 6.45) is 7.04. The second-order valence-corrected chi connectivity index (χ2v) is 7.97. The van der Waals surface area contributed by atoms with E-state index < -0.39 is 0 Å². The standard InChI is InChI=1S/C16H21N3OS2/c1-12-10-13-15(17-11-18-16(13)22-12)21-9-6-14(20)19-7-4-2-3-5-8-19/h10-11H,2-9H2,1H3. The van der Waals surface area contributed by atoms with Crippen LogP contribution in [0.1, 0.15) is 37.0 Å². The highest BCUT2D eigenvalue weighted by molar-refractivity contribution is 7.99. The molecule has 1 saturated heterocycles. The fourth-order valence-electron chi connectivity index (χ4n) is 2.78. The van der Waals surface area contributed by atoms with E-state index in [9.17, 15) is 4.79 Å². The lowest BCUT2D eigenvalue weighted by Crippen LogP contribution is -2.31. The number of hydrogen-bond donors (Lipinski definition) is 0. The maximum Gasteiger partial charge on any atom is 0.223 e. The molecule has 118 valence electrons. The average Bonchev–Trinajstić information content (AvgIpc) is 2.73. The molecule has 4 nitrogen and oxygen atoms in total. The highest BCUT2D eigenvalue weighted by Gasteiger charge is 2.15. The van der Waals surface area contributed by atoms with Gasteiger partial charge in [-0.15, -0.1) is 23.1 Å². The van der Waals surface area contributed by atoms with Gasteiger partial charge in [-0.3, -0.25) is 4.79 Å². The number of hydrogen-bond acceptors (Lipinski definition) is 5. The Hall–Kier alpha value is -1.14. The molecule has 22 heavy (non-hydrogen) atoms. The minimum atomic E-state index is 0.293. The molecule has 0 aliphatic carbocycles. The number of thioether (sulfide) groups is 1. The summed E-state index contributed by atoms with van der Waals surface area (Å²) in [7, 11) is 0. The Kier molecular flexibility index (Phi) is 5.31. The van der Waals surface area contributed by atoms with Gasteiger partial charge in [0.05, 0.1) is 0 Å². The van der Waals surface area contributed by atoms with Crippen molar-refractivity contribution < 1.29 is 4.79 Å². The molecule has 1 fully saturated rings. The molecule has 0 atom stereocenters. The van der Waals surface area contributed by atoms with Gasteiger partial charge in [-0.1, -0.05) is 12.8 Å². The van der Waals surface area contributed by atoms with Gasteiger partial charge in [-0.05, 0) is 25.8 Å². The van der Waals surface area contributed by atoms with Crippen molar-refractivity contribution in [1.82, 2.24) is 14.9 Å². The number of rotatable bonds is 4. The number of amides is 1. The molecular formula is C16H21N3OS2. The average molecular weight is 335 g/mol. The van der Waals surface area contributed by atoms with Crippen molar-refractivity contribution in [3.63, 3.8) is 0 Å². The predicted molar refractivity (Wildman–Crippen MR) is 92.5 cm³/mol. The van der Waals surface area contributed by atoms with Crippen LogP contribution in [-0.4, -0.2) is 39.6 Å². The van der Waals surface area contributed by atoms with Crippen LogP contribution in [0.4, 0.5) is 0 Å². The summed E-state index contributed by atoms with van der Waals surface area (Å²) < 4.78 is 0. The third-order valence-corrected chi connectivity index (χ3v) is 5.90. The first kappa shape index (κ1) is 15.7. The number of carbonyl (C=O) groups is 1. The molecule has 0 saturated carbocycles. The number of thiophene rings is 1. The summed E-state index contributed by atoms with van der Waals surface area (Å²) in [5, 5.41) is 2.12. The number of aryl methyl sites for hydroxylation is 1. The first-order valence-corrected chi connectivity index (χ1v) is 9.66. The number of aromatic nitrogens is 2.